The Kier molecular flexibility index (Phi) is 9.65. The molecule has 0 bridgehead atoms. The fraction of sp³-hybridized carbons (Fsp3) is 0.360. The zero-order valence-corrected chi connectivity index (χ0v) is 17.9. The standard InChI is InChI=1S/C25H30O5/c1-4-5-17-28-22-13-9-21(10-14-22)25(27)30-23-11-6-20(7-12-23)8-15-24(26)29-18-16-19(2)3/h6-15,19H,4-5,16-18H2,1-3H3/b15-8+. The van der Waals surface area contributed by atoms with Gasteiger partial charge in [-0.15, -0.1) is 0 Å². The lowest BCUT2D eigenvalue weighted by atomic mass is 10.1. The second kappa shape index (κ2) is 12.5. The summed E-state index contributed by atoms with van der Waals surface area (Å²) in [6, 6.07) is 13.8. The van der Waals surface area contributed by atoms with E-state index in [1.165, 1.54) is 6.08 Å². The van der Waals surface area contributed by atoms with Crippen molar-refractivity contribution < 1.29 is 23.8 Å². The minimum Gasteiger partial charge on any atom is -0.494 e. The van der Waals surface area contributed by atoms with Gasteiger partial charge in [0.15, 0.2) is 0 Å². The van der Waals surface area contributed by atoms with Crippen LogP contribution in [0.15, 0.2) is 54.6 Å². The number of unbranched alkanes of at least 4 members (excludes halogenated alkanes) is 1. The van der Waals surface area contributed by atoms with E-state index in [-0.39, 0.29) is 5.97 Å². The lowest BCUT2D eigenvalue weighted by molar-refractivity contribution is -0.137. The Morgan fingerprint density at radius 1 is 0.933 bits per heavy atom. The minimum atomic E-state index is -0.438. The monoisotopic (exact) mass is 410 g/mol. The lowest BCUT2D eigenvalue weighted by Crippen LogP contribution is -2.08. The molecule has 0 N–H and O–H groups in total. The van der Waals surface area contributed by atoms with Crippen LogP contribution in [0, 0.1) is 5.92 Å². The summed E-state index contributed by atoms with van der Waals surface area (Å²) in [5.74, 6) is 0.855. The average Bonchev–Trinajstić information content (AvgIpc) is 2.73. The van der Waals surface area contributed by atoms with E-state index in [9.17, 15) is 9.59 Å². The van der Waals surface area contributed by atoms with Crippen molar-refractivity contribution in [3.05, 3.63) is 65.7 Å². The van der Waals surface area contributed by atoms with Gasteiger partial charge in [0, 0.05) is 6.08 Å². The van der Waals surface area contributed by atoms with Crippen molar-refractivity contribution in [1.82, 2.24) is 0 Å². The number of hydrogen-bond acceptors (Lipinski definition) is 5. The van der Waals surface area contributed by atoms with Crippen LogP contribution in [0.1, 0.15) is 56.0 Å². The molecule has 5 heteroatoms. The predicted molar refractivity (Wildman–Crippen MR) is 118 cm³/mol. The van der Waals surface area contributed by atoms with Crippen LogP contribution in [-0.2, 0) is 9.53 Å². The van der Waals surface area contributed by atoms with Crippen LogP contribution in [-0.4, -0.2) is 25.2 Å². The number of rotatable bonds is 11. The molecule has 0 saturated heterocycles. The van der Waals surface area contributed by atoms with E-state index in [1.807, 2.05) is 0 Å². The smallest absolute Gasteiger partial charge is 0.343 e. The summed E-state index contributed by atoms with van der Waals surface area (Å²) in [6.45, 7) is 7.35. The van der Waals surface area contributed by atoms with Crippen molar-refractivity contribution in [2.24, 2.45) is 5.92 Å². The van der Waals surface area contributed by atoms with Gasteiger partial charge in [-0.2, -0.15) is 0 Å². The van der Waals surface area contributed by atoms with Crippen LogP contribution in [0.2, 0.25) is 0 Å². The predicted octanol–water partition coefficient (Wildman–Crippen LogP) is 5.69. The molecule has 0 spiro atoms. The summed E-state index contributed by atoms with van der Waals surface area (Å²) in [6.07, 6.45) is 5.97. The normalized spacial score (nSPS) is 10.9. The van der Waals surface area contributed by atoms with Crippen molar-refractivity contribution in [2.45, 2.75) is 40.0 Å². The van der Waals surface area contributed by atoms with E-state index in [4.69, 9.17) is 14.2 Å². The van der Waals surface area contributed by atoms with Gasteiger partial charge in [-0.1, -0.05) is 39.3 Å². The molecule has 0 aliphatic heterocycles. The van der Waals surface area contributed by atoms with E-state index in [2.05, 4.69) is 20.8 Å². The highest BCUT2D eigenvalue weighted by Gasteiger charge is 2.09. The molecule has 5 nitrogen and oxygen atoms in total. The molecule has 0 heterocycles. The average molecular weight is 411 g/mol. The lowest BCUT2D eigenvalue weighted by Gasteiger charge is -2.07. The summed E-state index contributed by atoms with van der Waals surface area (Å²) in [5.41, 5.74) is 1.26. The van der Waals surface area contributed by atoms with Gasteiger partial charge in [0.2, 0.25) is 0 Å². The maximum absolute atomic E-state index is 12.3. The quantitative estimate of drug-likeness (QED) is 0.206. The molecule has 0 fully saturated rings. The Hall–Kier alpha value is -3.08. The molecule has 0 aliphatic rings. The summed E-state index contributed by atoms with van der Waals surface area (Å²) in [5, 5.41) is 0. The zero-order chi connectivity index (χ0) is 21.8. The first-order valence-electron chi connectivity index (χ1n) is 10.4. The third-order valence-corrected chi connectivity index (χ3v) is 4.30. The fourth-order valence-corrected chi connectivity index (χ4v) is 2.44. The molecule has 30 heavy (non-hydrogen) atoms. The van der Waals surface area contributed by atoms with Crippen molar-refractivity contribution in [1.29, 1.82) is 0 Å². The Labute approximate surface area is 178 Å². The van der Waals surface area contributed by atoms with Crippen molar-refractivity contribution in [3.8, 4) is 11.5 Å². The van der Waals surface area contributed by atoms with E-state index in [1.54, 1.807) is 54.6 Å². The maximum Gasteiger partial charge on any atom is 0.343 e. The zero-order valence-electron chi connectivity index (χ0n) is 17.9. The van der Waals surface area contributed by atoms with Gasteiger partial charge >= 0.3 is 11.9 Å². The van der Waals surface area contributed by atoms with Gasteiger partial charge in [-0.3, -0.25) is 0 Å². The molecule has 0 atom stereocenters. The fourth-order valence-electron chi connectivity index (χ4n) is 2.44. The van der Waals surface area contributed by atoms with E-state index in [0.717, 1.165) is 30.6 Å². The molecular weight excluding hydrogens is 380 g/mol. The first-order valence-corrected chi connectivity index (χ1v) is 10.4. The SMILES string of the molecule is CCCCOc1ccc(C(=O)Oc2ccc(/C=C/C(=O)OCCC(C)C)cc2)cc1. The molecule has 0 amide bonds. The van der Waals surface area contributed by atoms with Gasteiger partial charge in [-0.05, 0) is 66.8 Å². The van der Waals surface area contributed by atoms with E-state index < -0.39 is 5.97 Å². The number of hydrogen-bond donors (Lipinski definition) is 0. The summed E-state index contributed by atoms with van der Waals surface area (Å²) in [4.78, 5) is 24.0. The summed E-state index contributed by atoms with van der Waals surface area (Å²) < 4.78 is 16.1. The summed E-state index contributed by atoms with van der Waals surface area (Å²) in [7, 11) is 0. The van der Waals surface area contributed by atoms with E-state index >= 15 is 0 Å². The third kappa shape index (κ3) is 8.52. The van der Waals surface area contributed by atoms with Gasteiger partial charge in [0.05, 0.1) is 18.8 Å². The molecule has 2 rings (SSSR count). The number of carbonyl (C=O) groups is 2. The molecule has 0 radical (unpaired) electrons. The van der Waals surface area contributed by atoms with E-state index in [0.29, 0.717) is 30.4 Å². The molecule has 2 aromatic carbocycles. The van der Waals surface area contributed by atoms with Gasteiger partial charge in [0.1, 0.15) is 11.5 Å². The van der Waals surface area contributed by atoms with Crippen LogP contribution in [0.5, 0.6) is 11.5 Å². The first-order chi connectivity index (χ1) is 14.5. The summed E-state index contributed by atoms with van der Waals surface area (Å²) >= 11 is 0. The molecule has 0 aliphatic carbocycles. The van der Waals surface area contributed by atoms with Crippen LogP contribution >= 0.6 is 0 Å². The number of ether oxygens (including phenoxy) is 3. The molecule has 0 unspecified atom stereocenters. The Balaban J connectivity index is 1.84. The largest absolute Gasteiger partial charge is 0.494 e. The van der Waals surface area contributed by atoms with Crippen LogP contribution in [0.25, 0.3) is 6.08 Å². The van der Waals surface area contributed by atoms with Crippen molar-refractivity contribution >= 4 is 18.0 Å². The second-order valence-corrected chi connectivity index (χ2v) is 7.37. The van der Waals surface area contributed by atoms with Gasteiger partial charge in [0.25, 0.3) is 0 Å². The van der Waals surface area contributed by atoms with Crippen LogP contribution in [0.4, 0.5) is 0 Å². The maximum atomic E-state index is 12.3. The molecule has 0 aromatic heterocycles. The molecule has 0 saturated carbocycles. The van der Waals surface area contributed by atoms with Crippen LogP contribution in [0.3, 0.4) is 0 Å². The first kappa shape index (κ1) is 23.2. The highest BCUT2D eigenvalue weighted by atomic mass is 16.5. The number of benzene rings is 2. The van der Waals surface area contributed by atoms with Gasteiger partial charge in [-0.25, -0.2) is 9.59 Å². The number of carbonyl (C=O) groups excluding carboxylic acids is 2. The third-order valence-electron chi connectivity index (χ3n) is 4.30. The Bertz CT molecular complexity index is 820. The second-order valence-electron chi connectivity index (χ2n) is 7.37. The highest BCUT2D eigenvalue weighted by molar-refractivity contribution is 5.91. The minimum absolute atomic E-state index is 0.367. The van der Waals surface area contributed by atoms with Crippen molar-refractivity contribution in [2.75, 3.05) is 13.2 Å². The highest BCUT2D eigenvalue weighted by Crippen LogP contribution is 2.17. The molecule has 2 aromatic rings. The Morgan fingerprint density at radius 3 is 2.23 bits per heavy atom. The number of esters is 2. The van der Waals surface area contributed by atoms with Gasteiger partial charge < -0.3 is 14.2 Å². The molecule has 160 valence electrons. The van der Waals surface area contributed by atoms with Crippen LogP contribution < -0.4 is 9.47 Å². The Morgan fingerprint density at radius 2 is 1.60 bits per heavy atom. The van der Waals surface area contributed by atoms with Crippen molar-refractivity contribution in [3.63, 3.8) is 0 Å². The topological polar surface area (TPSA) is 61.8 Å². The molecular formula is C25H30O5.